The van der Waals surface area contributed by atoms with Crippen molar-refractivity contribution in [2.75, 3.05) is 0 Å². The molecular weight excluding hydrogens is 284 g/mol. The van der Waals surface area contributed by atoms with E-state index in [1.165, 1.54) is 12.8 Å². The lowest BCUT2D eigenvalue weighted by Crippen LogP contribution is -2.01. The minimum atomic E-state index is 0.653. The fraction of sp³-hybridized carbons (Fsp3) is 0.312. The van der Waals surface area contributed by atoms with E-state index in [1.54, 1.807) is 0 Å². The zero-order valence-corrected chi connectivity index (χ0v) is 12.5. The Bertz CT molecular complexity index is 803. The van der Waals surface area contributed by atoms with Gasteiger partial charge in [0.15, 0.2) is 0 Å². The molecule has 1 saturated carbocycles. The van der Waals surface area contributed by atoms with Crippen molar-refractivity contribution in [2.45, 2.75) is 26.3 Å². The SMILES string of the molecule is Cc1ccc(-c2ccc3c(nnn3CC3CC3)c2Cl)cn1. The van der Waals surface area contributed by atoms with Crippen molar-refractivity contribution in [3.8, 4) is 11.1 Å². The van der Waals surface area contributed by atoms with E-state index in [4.69, 9.17) is 11.6 Å². The summed E-state index contributed by atoms with van der Waals surface area (Å²) in [5.74, 6) is 0.759. The molecule has 21 heavy (non-hydrogen) atoms. The number of aromatic nitrogens is 4. The van der Waals surface area contributed by atoms with Crippen LogP contribution in [-0.4, -0.2) is 20.0 Å². The van der Waals surface area contributed by atoms with Gasteiger partial charge < -0.3 is 0 Å². The highest BCUT2D eigenvalue weighted by atomic mass is 35.5. The van der Waals surface area contributed by atoms with E-state index in [0.717, 1.165) is 40.3 Å². The first-order valence-electron chi connectivity index (χ1n) is 7.17. The van der Waals surface area contributed by atoms with Crippen LogP contribution in [0.25, 0.3) is 22.2 Å². The first-order chi connectivity index (χ1) is 10.2. The zero-order valence-electron chi connectivity index (χ0n) is 11.8. The van der Waals surface area contributed by atoms with Gasteiger partial charge in [0.1, 0.15) is 5.52 Å². The standard InChI is InChI=1S/C16H15ClN4/c1-10-2-5-12(8-18-10)13-6-7-14-16(15(13)17)19-20-21(14)9-11-3-4-11/h2,5-8,11H,3-4,9H2,1H3. The summed E-state index contributed by atoms with van der Waals surface area (Å²) < 4.78 is 1.97. The van der Waals surface area contributed by atoms with Crippen LogP contribution < -0.4 is 0 Å². The highest BCUT2D eigenvalue weighted by Crippen LogP contribution is 2.35. The number of hydrogen-bond donors (Lipinski definition) is 0. The summed E-state index contributed by atoms with van der Waals surface area (Å²) in [5.41, 5.74) is 4.73. The molecule has 0 amide bonds. The van der Waals surface area contributed by atoms with Gasteiger partial charge in [-0.2, -0.15) is 0 Å². The number of fused-ring (bicyclic) bond motifs is 1. The van der Waals surface area contributed by atoms with E-state index >= 15 is 0 Å². The second kappa shape index (κ2) is 4.81. The van der Waals surface area contributed by atoms with Crippen molar-refractivity contribution < 1.29 is 0 Å². The minimum Gasteiger partial charge on any atom is -0.261 e. The molecule has 2 aromatic heterocycles. The third-order valence-electron chi connectivity index (χ3n) is 3.98. The Balaban J connectivity index is 1.80. The molecule has 4 rings (SSSR count). The van der Waals surface area contributed by atoms with Gasteiger partial charge in [-0.1, -0.05) is 28.9 Å². The molecule has 5 heteroatoms. The fourth-order valence-corrected chi connectivity index (χ4v) is 2.84. The summed E-state index contributed by atoms with van der Waals surface area (Å²) in [4.78, 5) is 4.33. The maximum absolute atomic E-state index is 6.54. The lowest BCUT2D eigenvalue weighted by molar-refractivity contribution is 0.559. The van der Waals surface area contributed by atoms with E-state index in [-0.39, 0.29) is 0 Å². The van der Waals surface area contributed by atoms with Crippen LogP contribution in [0.5, 0.6) is 0 Å². The summed E-state index contributed by atoms with van der Waals surface area (Å²) in [6.07, 6.45) is 4.43. The number of rotatable bonds is 3. The van der Waals surface area contributed by atoms with E-state index in [2.05, 4.69) is 21.4 Å². The molecule has 3 aromatic rings. The lowest BCUT2D eigenvalue weighted by Gasteiger charge is -2.06. The molecule has 1 aromatic carbocycles. The first kappa shape index (κ1) is 12.8. The van der Waals surface area contributed by atoms with Crippen LogP contribution in [0.2, 0.25) is 5.02 Å². The van der Waals surface area contributed by atoms with Gasteiger partial charge in [0.2, 0.25) is 0 Å². The molecule has 4 nitrogen and oxygen atoms in total. The van der Waals surface area contributed by atoms with Crippen LogP contribution in [0.1, 0.15) is 18.5 Å². The number of halogens is 1. The van der Waals surface area contributed by atoms with Gasteiger partial charge in [-0.25, -0.2) is 4.68 Å². The summed E-state index contributed by atoms with van der Waals surface area (Å²) in [7, 11) is 0. The van der Waals surface area contributed by atoms with Crippen LogP contribution in [0.15, 0.2) is 30.5 Å². The molecule has 1 aliphatic carbocycles. The molecule has 0 atom stereocenters. The molecule has 1 aliphatic rings. The summed E-state index contributed by atoms with van der Waals surface area (Å²) in [5, 5.41) is 9.17. The third kappa shape index (κ3) is 2.29. The van der Waals surface area contributed by atoms with Crippen molar-refractivity contribution in [1.29, 1.82) is 0 Å². The molecule has 106 valence electrons. The van der Waals surface area contributed by atoms with Crippen LogP contribution in [0, 0.1) is 12.8 Å². The average molecular weight is 299 g/mol. The first-order valence-corrected chi connectivity index (χ1v) is 7.55. The van der Waals surface area contributed by atoms with Gasteiger partial charge in [0.05, 0.1) is 10.5 Å². The maximum atomic E-state index is 6.54. The van der Waals surface area contributed by atoms with Gasteiger partial charge in [0, 0.05) is 29.6 Å². The molecule has 1 fully saturated rings. The largest absolute Gasteiger partial charge is 0.261 e. The van der Waals surface area contributed by atoms with Gasteiger partial charge in [-0.15, -0.1) is 5.10 Å². The maximum Gasteiger partial charge on any atom is 0.132 e. The predicted molar refractivity (Wildman–Crippen MR) is 83.2 cm³/mol. The normalized spacial score (nSPS) is 14.8. The Hall–Kier alpha value is -1.94. The van der Waals surface area contributed by atoms with E-state index < -0.39 is 0 Å². The van der Waals surface area contributed by atoms with Crippen LogP contribution >= 0.6 is 11.6 Å². The third-order valence-corrected chi connectivity index (χ3v) is 4.36. The number of aryl methyl sites for hydroxylation is 1. The monoisotopic (exact) mass is 298 g/mol. The number of benzene rings is 1. The van der Waals surface area contributed by atoms with E-state index in [9.17, 15) is 0 Å². The summed E-state index contributed by atoms with van der Waals surface area (Å²) in [6.45, 7) is 2.91. The molecular formula is C16H15ClN4. The van der Waals surface area contributed by atoms with Gasteiger partial charge in [-0.3, -0.25) is 4.98 Å². The van der Waals surface area contributed by atoms with Crippen molar-refractivity contribution in [3.05, 3.63) is 41.2 Å². The van der Waals surface area contributed by atoms with Crippen molar-refractivity contribution >= 4 is 22.6 Å². The van der Waals surface area contributed by atoms with Crippen molar-refractivity contribution in [3.63, 3.8) is 0 Å². The predicted octanol–water partition coefficient (Wildman–Crippen LogP) is 3.87. The minimum absolute atomic E-state index is 0.653. The number of nitrogens with zero attached hydrogens (tertiary/aromatic N) is 4. The fourth-order valence-electron chi connectivity index (χ4n) is 2.53. The van der Waals surface area contributed by atoms with Gasteiger partial charge >= 0.3 is 0 Å². The molecule has 2 heterocycles. The van der Waals surface area contributed by atoms with Gasteiger partial charge in [0.25, 0.3) is 0 Å². The Labute approximate surface area is 127 Å². The van der Waals surface area contributed by atoms with Crippen LogP contribution in [0.3, 0.4) is 0 Å². The zero-order chi connectivity index (χ0) is 14.4. The molecule has 0 spiro atoms. The Morgan fingerprint density at radius 2 is 2.10 bits per heavy atom. The molecule has 0 unspecified atom stereocenters. The highest BCUT2D eigenvalue weighted by molar-refractivity contribution is 6.37. The number of pyridine rings is 1. The average Bonchev–Trinajstić information content (AvgIpc) is 3.20. The smallest absolute Gasteiger partial charge is 0.132 e. The highest BCUT2D eigenvalue weighted by Gasteiger charge is 2.23. The quantitative estimate of drug-likeness (QED) is 0.737. The van der Waals surface area contributed by atoms with Crippen molar-refractivity contribution in [2.24, 2.45) is 5.92 Å². The number of hydrogen-bond acceptors (Lipinski definition) is 3. The Kier molecular flexibility index (Phi) is 2.93. The molecule has 0 N–H and O–H groups in total. The van der Waals surface area contributed by atoms with Crippen molar-refractivity contribution in [1.82, 2.24) is 20.0 Å². The van der Waals surface area contributed by atoms with Crippen LogP contribution in [-0.2, 0) is 6.54 Å². The summed E-state index contributed by atoms with van der Waals surface area (Å²) in [6, 6.07) is 8.10. The van der Waals surface area contributed by atoms with Gasteiger partial charge in [-0.05, 0) is 37.8 Å². The molecule has 0 saturated heterocycles. The van der Waals surface area contributed by atoms with E-state index in [1.807, 2.05) is 36.0 Å². The lowest BCUT2D eigenvalue weighted by atomic mass is 10.1. The Morgan fingerprint density at radius 1 is 1.24 bits per heavy atom. The molecule has 0 aliphatic heterocycles. The topological polar surface area (TPSA) is 43.6 Å². The molecule has 0 bridgehead atoms. The van der Waals surface area contributed by atoms with Crippen LogP contribution in [0.4, 0.5) is 0 Å². The summed E-state index contributed by atoms with van der Waals surface area (Å²) >= 11 is 6.54. The second-order valence-corrected chi connectivity index (χ2v) is 6.08. The second-order valence-electron chi connectivity index (χ2n) is 5.70. The molecule has 0 radical (unpaired) electrons. The Morgan fingerprint density at radius 3 is 2.81 bits per heavy atom. The van der Waals surface area contributed by atoms with E-state index in [0.29, 0.717) is 5.02 Å².